The molecule has 0 atom stereocenters. The number of rotatable bonds is 4. The van der Waals surface area contributed by atoms with Gasteiger partial charge >= 0.3 is 0 Å². The third kappa shape index (κ3) is 2.46. The molecule has 2 rings (SSSR count). The minimum Gasteiger partial charge on any atom is -0.347 e. The van der Waals surface area contributed by atoms with Crippen LogP contribution in [-0.2, 0) is 6.54 Å². The summed E-state index contributed by atoms with van der Waals surface area (Å²) in [5, 5.41) is 2.63. The number of nitrogens with zero attached hydrogens (tertiary/aromatic N) is 1. The molecule has 0 aliphatic carbocycles. The first-order valence-corrected chi connectivity index (χ1v) is 5.23. The predicted octanol–water partition coefficient (Wildman–Crippen LogP) is 0.764. The lowest BCUT2D eigenvalue weighted by molar-refractivity contribution is 0.0951. The van der Waals surface area contributed by atoms with E-state index in [2.05, 4.69) is 20.7 Å². The smallest absolute Gasteiger partial charge is 0.253 e. The molecule has 0 aliphatic rings. The molecule has 5 N–H and O–H groups in total. The Labute approximate surface area is 102 Å². The van der Waals surface area contributed by atoms with Crippen LogP contribution in [0.25, 0.3) is 0 Å². The van der Waals surface area contributed by atoms with Crippen LogP contribution in [0.1, 0.15) is 16.1 Å². The molecule has 0 radical (unpaired) electrons. The lowest BCUT2D eigenvalue weighted by atomic mass is 10.1. The van der Waals surface area contributed by atoms with Gasteiger partial charge in [-0.3, -0.25) is 10.6 Å². The number of carbonyl (C=O) groups is 1. The normalized spacial score (nSPS) is 10.1. The van der Waals surface area contributed by atoms with E-state index in [0.29, 0.717) is 0 Å². The summed E-state index contributed by atoms with van der Waals surface area (Å²) in [6, 6.07) is 4.16. The van der Waals surface area contributed by atoms with E-state index in [1.165, 1.54) is 24.5 Å². The Bertz CT molecular complexity index is 540. The molecular weight excluding hydrogens is 237 g/mol. The average Bonchev–Trinajstić information content (AvgIpc) is 2.88. The molecule has 1 aromatic carbocycles. The number of H-pyrrole nitrogens is 1. The number of nitrogens with two attached hydrogens (primary N) is 1. The number of carbonyl (C=O) groups excluding carboxylic acids is 1. The van der Waals surface area contributed by atoms with Crippen molar-refractivity contribution in [2.24, 2.45) is 5.84 Å². The van der Waals surface area contributed by atoms with Crippen molar-refractivity contribution < 1.29 is 9.18 Å². The number of hydrogen-bond donors (Lipinski definition) is 4. The van der Waals surface area contributed by atoms with E-state index in [9.17, 15) is 9.18 Å². The molecule has 0 spiro atoms. The number of benzene rings is 1. The van der Waals surface area contributed by atoms with E-state index < -0.39 is 11.7 Å². The number of halogens is 1. The lowest BCUT2D eigenvalue weighted by Gasteiger charge is -2.09. The number of hydrazine groups is 1. The first kappa shape index (κ1) is 12.1. The second-order valence-corrected chi connectivity index (χ2v) is 3.57. The molecule has 7 heteroatoms. The van der Waals surface area contributed by atoms with Crippen LogP contribution in [0.3, 0.4) is 0 Å². The topological polar surface area (TPSA) is 95.8 Å². The lowest BCUT2D eigenvalue weighted by Crippen LogP contribution is -2.25. The van der Waals surface area contributed by atoms with Gasteiger partial charge in [0.25, 0.3) is 5.91 Å². The predicted molar refractivity (Wildman–Crippen MR) is 64.0 cm³/mol. The SMILES string of the molecule is NNc1c(F)cccc1C(=O)NCc1cnc[nH]1. The summed E-state index contributed by atoms with van der Waals surface area (Å²) < 4.78 is 13.4. The molecular formula is C11H12FN5O. The molecule has 1 heterocycles. The van der Waals surface area contributed by atoms with Crippen molar-refractivity contribution in [2.75, 3.05) is 5.43 Å². The Balaban J connectivity index is 2.11. The molecule has 0 unspecified atom stereocenters. The molecule has 1 amide bonds. The van der Waals surface area contributed by atoms with E-state index in [1.807, 2.05) is 0 Å². The molecule has 0 saturated heterocycles. The van der Waals surface area contributed by atoms with Crippen LogP contribution >= 0.6 is 0 Å². The van der Waals surface area contributed by atoms with Gasteiger partial charge in [0, 0.05) is 6.20 Å². The van der Waals surface area contributed by atoms with Crippen LogP contribution in [0.15, 0.2) is 30.7 Å². The molecule has 0 fully saturated rings. The van der Waals surface area contributed by atoms with Crippen molar-refractivity contribution in [1.82, 2.24) is 15.3 Å². The third-order valence-electron chi connectivity index (χ3n) is 2.40. The first-order valence-electron chi connectivity index (χ1n) is 5.23. The van der Waals surface area contributed by atoms with E-state index in [-0.39, 0.29) is 17.8 Å². The number of aromatic amines is 1. The fraction of sp³-hybridized carbons (Fsp3) is 0.0909. The Morgan fingerprint density at radius 1 is 1.50 bits per heavy atom. The Hall–Kier alpha value is -2.41. The second kappa shape index (κ2) is 5.28. The van der Waals surface area contributed by atoms with Gasteiger partial charge in [-0.25, -0.2) is 9.37 Å². The van der Waals surface area contributed by atoms with Gasteiger partial charge in [0.05, 0.1) is 29.8 Å². The van der Waals surface area contributed by atoms with Gasteiger partial charge in [-0.2, -0.15) is 0 Å². The maximum absolute atomic E-state index is 13.4. The summed E-state index contributed by atoms with van der Waals surface area (Å²) in [5.74, 6) is 4.20. The number of nitrogen functional groups attached to an aromatic ring is 1. The van der Waals surface area contributed by atoms with Gasteiger partial charge in [-0.15, -0.1) is 0 Å². The number of amides is 1. The maximum Gasteiger partial charge on any atom is 0.253 e. The molecule has 6 nitrogen and oxygen atoms in total. The highest BCUT2D eigenvalue weighted by atomic mass is 19.1. The zero-order valence-corrected chi connectivity index (χ0v) is 9.40. The summed E-state index contributed by atoms with van der Waals surface area (Å²) in [6.07, 6.45) is 3.10. The zero-order chi connectivity index (χ0) is 13.0. The molecule has 2 aromatic rings. The molecule has 0 aliphatic heterocycles. The Kier molecular flexibility index (Phi) is 3.54. The van der Waals surface area contributed by atoms with Crippen LogP contribution in [0.4, 0.5) is 10.1 Å². The number of nitrogens with one attached hydrogen (secondary N) is 3. The summed E-state index contributed by atoms with van der Waals surface area (Å²) in [5.41, 5.74) is 3.06. The molecule has 18 heavy (non-hydrogen) atoms. The van der Waals surface area contributed by atoms with E-state index in [4.69, 9.17) is 5.84 Å². The number of para-hydroxylation sites is 1. The number of anilines is 1. The van der Waals surface area contributed by atoms with Crippen LogP contribution in [-0.4, -0.2) is 15.9 Å². The van der Waals surface area contributed by atoms with Crippen molar-refractivity contribution in [3.05, 3.63) is 47.8 Å². The number of aromatic nitrogens is 2. The highest BCUT2D eigenvalue weighted by Crippen LogP contribution is 2.18. The highest BCUT2D eigenvalue weighted by molar-refractivity contribution is 5.99. The summed E-state index contributed by atoms with van der Waals surface area (Å²) in [7, 11) is 0. The van der Waals surface area contributed by atoms with E-state index in [1.54, 1.807) is 6.20 Å². The van der Waals surface area contributed by atoms with E-state index >= 15 is 0 Å². The minimum absolute atomic E-state index is 0.0281. The van der Waals surface area contributed by atoms with Gasteiger partial charge in [-0.1, -0.05) is 6.07 Å². The molecule has 0 bridgehead atoms. The first-order chi connectivity index (χ1) is 8.72. The van der Waals surface area contributed by atoms with Crippen LogP contribution in [0.2, 0.25) is 0 Å². The zero-order valence-electron chi connectivity index (χ0n) is 9.40. The van der Waals surface area contributed by atoms with Crippen molar-refractivity contribution >= 4 is 11.6 Å². The van der Waals surface area contributed by atoms with Gasteiger partial charge in [0.2, 0.25) is 0 Å². The Morgan fingerprint density at radius 3 is 3.00 bits per heavy atom. The maximum atomic E-state index is 13.4. The van der Waals surface area contributed by atoms with Gasteiger partial charge in [-0.05, 0) is 12.1 Å². The summed E-state index contributed by atoms with van der Waals surface area (Å²) in [6.45, 7) is 0.277. The van der Waals surface area contributed by atoms with Crippen LogP contribution in [0.5, 0.6) is 0 Å². The van der Waals surface area contributed by atoms with E-state index in [0.717, 1.165) is 5.69 Å². The largest absolute Gasteiger partial charge is 0.347 e. The van der Waals surface area contributed by atoms with Crippen LogP contribution < -0.4 is 16.6 Å². The number of imidazole rings is 1. The van der Waals surface area contributed by atoms with Crippen molar-refractivity contribution in [3.8, 4) is 0 Å². The minimum atomic E-state index is -0.577. The standard InChI is InChI=1S/C11H12FN5O/c12-9-3-1-2-8(10(9)17-13)11(18)15-5-7-4-14-6-16-7/h1-4,6,17H,5,13H2,(H,14,16)(H,15,18). The van der Waals surface area contributed by atoms with Crippen molar-refractivity contribution in [2.45, 2.75) is 6.54 Å². The van der Waals surface area contributed by atoms with Gasteiger partial charge < -0.3 is 15.7 Å². The highest BCUT2D eigenvalue weighted by Gasteiger charge is 2.14. The average molecular weight is 249 g/mol. The summed E-state index contributed by atoms with van der Waals surface area (Å²) >= 11 is 0. The third-order valence-corrected chi connectivity index (χ3v) is 2.40. The molecule has 0 saturated carbocycles. The molecule has 94 valence electrons. The van der Waals surface area contributed by atoms with Crippen LogP contribution in [0, 0.1) is 5.82 Å². The van der Waals surface area contributed by atoms with Gasteiger partial charge in [0.15, 0.2) is 0 Å². The second-order valence-electron chi connectivity index (χ2n) is 3.57. The fourth-order valence-corrected chi connectivity index (χ4v) is 1.51. The fourth-order valence-electron chi connectivity index (χ4n) is 1.51. The Morgan fingerprint density at radius 2 is 2.33 bits per heavy atom. The van der Waals surface area contributed by atoms with Crippen molar-refractivity contribution in [3.63, 3.8) is 0 Å². The van der Waals surface area contributed by atoms with Gasteiger partial charge in [0.1, 0.15) is 5.82 Å². The monoisotopic (exact) mass is 249 g/mol. The number of hydrogen-bond acceptors (Lipinski definition) is 4. The molecule has 1 aromatic heterocycles. The quantitative estimate of drug-likeness (QED) is 0.475. The van der Waals surface area contributed by atoms with Crippen molar-refractivity contribution in [1.29, 1.82) is 0 Å². The summed E-state index contributed by atoms with van der Waals surface area (Å²) in [4.78, 5) is 18.5.